The zero-order valence-electron chi connectivity index (χ0n) is 21.8. The molecular weight excluding hydrogens is 533 g/mol. The van der Waals surface area contributed by atoms with Gasteiger partial charge in [-0.25, -0.2) is 0 Å². The molecule has 3 amide bonds. The van der Waals surface area contributed by atoms with E-state index in [1.54, 1.807) is 36.4 Å². The fraction of sp³-hybridized carbons (Fsp3) is 0.129. The van der Waals surface area contributed by atoms with Crippen molar-refractivity contribution in [3.63, 3.8) is 0 Å². The van der Waals surface area contributed by atoms with Gasteiger partial charge in [-0.1, -0.05) is 48.5 Å². The molecule has 0 aliphatic heterocycles. The molecular formula is C31H27F3N4O3. The highest BCUT2D eigenvalue weighted by atomic mass is 19.4. The van der Waals surface area contributed by atoms with E-state index < -0.39 is 17.6 Å². The van der Waals surface area contributed by atoms with E-state index in [2.05, 4.69) is 21.3 Å². The van der Waals surface area contributed by atoms with Gasteiger partial charge in [-0.15, -0.1) is 0 Å². The average Bonchev–Trinajstić information content (AvgIpc) is 2.95. The molecule has 210 valence electrons. The molecule has 0 bridgehead atoms. The lowest BCUT2D eigenvalue weighted by molar-refractivity contribution is -0.137. The Labute approximate surface area is 234 Å². The quantitative estimate of drug-likeness (QED) is 0.176. The van der Waals surface area contributed by atoms with Gasteiger partial charge in [0.15, 0.2) is 0 Å². The van der Waals surface area contributed by atoms with Gasteiger partial charge in [0.25, 0.3) is 5.91 Å². The lowest BCUT2D eigenvalue weighted by Gasteiger charge is -2.12. The topological polar surface area (TPSA) is 99.3 Å². The third-order valence-electron chi connectivity index (χ3n) is 5.94. The van der Waals surface area contributed by atoms with E-state index >= 15 is 0 Å². The molecule has 7 nitrogen and oxygen atoms in total. The number of carbonyl (C=O) groups excluding carboxylic acids is 3. The molecule has 0 heterocycles. The molecule has 4 N–H and O–H groups in total. The van der Waals surface area contributed by atoms with Crippen molar-refractivity contribution in [1.29, 1.82) is 0 Å². The Bertz CT molecular complexity index is 1520. The van der Waals surface area contributed by atoms with E-state index in [0.717, 1.165) is 17.7 Å². The summed E-state index contributed by atoms with van der Waals surface area (Å²) in [7, 11) is 0. The third-order valence-corrected chi connectivity index (χ3v) is 5.94. The second-order valence-electron chi connectivity index (χ2n) is 9.13. The molecule has 4 aromatic carbocycles. The van der Waals surface area contributed by atoms with Crippen molar-refractivity contribution < 1.29 is 27.6 Å². The second kappa shape index (κ2) is 13.3. The van der Waals surface area contributed by atoms with Crippen LogP contribution in [0.3, 0.4) is 0 Å². The fourth-order valence-electron chi connectivity index (χ4n) is 3.94. The van der Waals surface area contributed by atoms with Gasteiger partial charge in [0, 0.05) is 34.7 Å². The minimum Gasteiger partial charge on any atom is -0.376 e. The lowest BCUT2D eigenvalue weighted by atomic mass is 10.1. The number of benzene rings is 4. The van der Waals surface area contributed by atoms with Crippen molar-refractivity contribution >= 4 is 40.5 Å². The number of aryl methyl sites for hydroxylation is 1. The standard InChI is InChI=1S/C31H27F3N4O3/c32-31(33,34)23-10-5-12-25(18-23)38-30(41)22-9-4-11-24(17-22)35-20-29(40)37-27-14-6-13-26(19-27)36-28(39)16-15-21-7-2-1-3-8-21/h1-14,17-19,35H,15-16,20H2,(H,36,39)(H,37,40)(H,38,41). The van der Waals surface area contributed by atoms with Crippen molar-refractivity contribution in [2.75, 3.05) is 27.8 Å². The van der Waals surface area contributed by atoms with E-state index in [-0.39, 0.29) is 29.6 Å². The fourth-order valence-corrected chi connectivity index (χ4v) is 3.94. The van der Waals surface area contributed by atoms with Crippen LogP contribution in [0.5, 0.6) is 0 Å². The van der Waals surface area contributed by atoms with Crippen LogP contribution in [-0.2, 0) is 22.2 Å². The number of hydrogen-bond donors (Lipinski definition) is 4. The summed E-state index contributed by atoms with van der Waals surface area (Å²) in [5.74, 6) is -1.10. The molecule has 0 fully saturated rings. The predicted octanol–water partition coefficient (Wildman–Crippen LogP) is 6.58. The number of nitrogens with one attached hydrogen (secondary N) is 4. The molecule has 4 rings (SSSR count). The Balaban J connectivity index is 1.27. The molecule has 10 heteroatoms. The van der Waals surface area contributed by atoms with Gasteiger partial charge >= 0.3 is 6.18 Å². The maximum Gasteiger partial charge on any atom is 0.416 e. The van der Waals surface area contributed by atoms with Crippen LogP contribution in [0.4, 0.5) is 35.9 Å². The first kappa shape index (κ1) is 28.9. The van der Waals surface area contributed by atoms with Gasteiger partial charge in [0.2, 0.25) is 11.8 Å². The van der Waals surface area contributed by atoms with Crippen LogP contribution in [0.2, 0.25) is 0 Å². The SMILES string of the molecule is O=C(CCc1ccccc1)Nc1cccc(NC(=O)CNc2cccc(C(=O)Nc3cccc(C(F)(F)F)c3)c2)c1. The van der Waals surface area contributed by atoms with Crippen LogP contribution in [0.15, 0.2) is 103 Å². The molecule has 0 unspecified atom stereocenters. The molecule has 0 spiro atoms. The maximum absolute atomic E-state index is 13.0. The van der Waals surface area contributed by atoms with Crippen molar-refractivity contribution in [2.45, 2.75) is 19.0 Å². The van der Waals surface area contributed by atoms with Gasteiger partial charge in [-0.3, -0.25) is 14.4 Å². The second-order valence-corrected chi connectivity index (χ2v) is 9.13. The average molecular weight is 561 g/mol. The Morgan fingerprint density at radius 1 is 0.610 bits per heavy atom. The Hall–Kier alpha value is -5.12. The molecule has 0 aliphatic rings. The summed E-state index contributed by atoms with van der Waals surface area (Å²) in [6.45, 7) is -0.119. The van der Waals surface area contributed by atoms with Crippen LogP contribution in [0.25, 0.3) is 0 Å². The molecule has 0 atom stereocenters. The summed E-state index contributed by atoms with van der Waals surface area (Å²) in [4.78, 5) is 37.4. The number of alkyl halides is 3. The summed E-state index contributed by atoms with van der Waals surface area (Å²) in [5, 5.41) is 11.0. The van der Waals surface area contributed by atoms with Crippen molar-refractivity contribution in [3.8, 4) is 0 Å². The summed E-state index contributed by atoms with van der Waals surface area (Å²) in [6.07, 6.45) is -3.59. The zero-order valence-corrected chi connectivity index (χ0v) is 21.8. The minimum absolute atomic E-state index is 0.0113. The van der Waals surface area contributed by atoms with E-state index in [9.17, 15) is 27.6 Å². The molecule has 0 aromatic heterocycles. The number of rotatable bonds is 10. The first-order chi connectivity index (χ1) is 19.7. The Kier molecular flexibility index (Phi) is 9.36. The minimum atomic E-state index is -4.52. The molecule has 0 radical (unpaired) electrons. The van der Waals surface area contributed by atoms with E-state index in [1.807, 2.05) is 30.3 Å². The summed E-state index contributed by atoms with van der Waals surface area (Å²) < 4.78 is 38.9. The Morgan fingerprint density at radius 3 is 1.93 bits per heavy atom. The number of anilines is 4. The van der Waals surface area contributed by atoms with E-state index in [4.69, 9.17) is 0 Å². The summed E-state index contributed by atoms with van der Waals surface area (Å²) in [6, 6.07) is 27.1. The van der Waals surface area contributed by atoms with Gasteiger partial charge in [-0.2, -0.15) is 13.2 Å². The maximum atomic E-state index is 13.0. The number of hydrogen-bond acceptors (Lipinski definition) is 4. The molecule has 0 saturated carbocycles. The molecule has 0 aliphatic carbocycles. The van der Waals surface area contributed by atoms with Crippen molar-refractivity contribution in [3.05, 3.63) is 120 Å². The zero-order chi connectivity index (χ0) is 29.2. The highest BCUT2D eigenvalue weighted by Crippen LogP contribution is 2.30. The highest BCUT2D eigenvalue weighted by Gasteiger charge is 2.30. The van der Waals surface area contributed by atoms with Crippen LogP contribution in [0, 0.1) is 0 Å². The number of carbonyl (C=O) groups is 3. The van der Waals surface area contributed by atoms with Gasteiger partial charge in [-0.05, 0) is 66.6 Å². The Morgan fingerprint density at radius 2 is 1.22 bits per heavy atom. The van der Waals surface area contributed by atoms with Crippen LogP contribution < -0.4 is 21.3 Å². The number of halogens is 3. The third kappa shape index (κ3) is 8.96. The van der Waals surface area contributed by atoms with Gasteiger partial charge in [0.05, 0.1) is 12.1 Å². The first-order valence-corrected chi connectivity index (χ1v) is 12.7. The monoisotopic (exact) mass is 560 g/mol. The smallest absolute Gasteiger partial charge is 0.376 e. The van der Waals surface area contributed by atoms with Crippen molar-refractivity contribution in [2.24, 2.45) is 0 Å². The van der Waals surface area contributed by atoms with E-state index in [0.29, 0.717) is 29.9 Å². The normalized spacial score (nSPS) is 10.9. The van der Waals surface area contributed by atoms with Crippen molar-refractivity contribution in [1.82, 2.24) is 0 Å². The molecule has 4 aromatic rings. The van der Waals surface area contributed by atoms with Crippen LogP contribution >= 0.6 is 0 Å². The van der Waals surface area contributed by atoms with Crippen LogP contribution in [0.1, 0.15) is 27.9 Å². The largest absolute Gasteiger partial charge is 0.416 e. The van der Waals surface area contributed by atoms with Crippen LogP contribution in [-0.4, -0.2) is 24.3 Å². The summed E-state index contributed by atoms with van der Waals surface area (Å²) in [5.41, 5.74) is 1.92. The van der Waals surface area contributed by atoms with Gasteiger partial charge in [0.1, 0.15) is 0 Å². The highest BCUT2D eigenvalue weighted by molar-refractivity contribution is 6.05. The van der Waals surface area contributed by atoms with E-state index in [1.165, 1.54) is 24.3 Å². The molecule has 0 saturated heterocycles. The number of amides is 3. The summed E-state index contributed by atoms with van der Waals surface area (Å²) >= 11 is 0. The molecule has 41 heavy (non-hydrogen) atoms. The first-order valence-electron chi connectivity index (χ1n) is 12.7. The van der Waals surface area contributed by atoms with Gasteiger partial charge < -0.3 is 21.3 Å². The predicted molar refractivity (Wildman–Crippen MR) is 153 cm³/mol. The lowest BCUT2D eigenvalue weighted by Crippen LogP contribution is -2.22.